The molecule has 0 aromatic heterocycles. The van der Waals surface area contributed by atoms with E-state index in [1.165, 1.54) is 22.3 Å². The molecular weight excluding hydrogens is 343 g/mol. The first kappa shape index (κ1) is 23.3. The van der Waals surface area contributed by atoms with Crippen LogP contribution >= 0.6 is 0 Å². The minimum atomic E-state index is 0. The summed E-state index contributed by atoms with van der Waals surface area (Å²) in [4.78, 5) is 0. The van der Waals surface area contributed by atoms with Gasteiger partial charge in [-0.15, -0.1) is 29.3 Å². The Balaban J connectivity index is 0.00000300. The van der Waals surface area contributed by atoms with Gasteiger partial charge >= 0.3 is 18.9 Å². The predicted octanol–water partition coefficient (Wildman–Crippen LogP) is 4.57. The Morgan fingerprint density at radius 1 is 0.552 bits per heavy atom. The van der Waals surface area contributed by atoms with Crippen molar-refractivity contribution in [3.8, 4) is 0 Å². The van der Waals surface area contributed by atoms with E-state index in [4.69, 9.17) is 0 Å². The van der Waals surface area contributed by atoms with E-state index < -0.39 is 0 Å². The molecule has 0 spiro atoms. The molecule has 3 rings (SSSR count). The molecule has 0 atom stereocenters. The van der Waals surface area contributed by atoms with Gasteiger partial charge in [0.2, 0.25) is 0 Å². The molecule has 29 heavy (non-hydrogen) atoms. The largest absolute Gasteiger partial charge is 1.00 e. The number of rotatable bonds is 3. The molecule has 0 unspecified atom stereocenters. The van der Waals surface area contributed by atoms with Crippen LogP contribution in [0.25, 0.3) is 5.57 Å². The molecular formula is C28H31Li. The summed E-state index contributed by atoms with van der Waals surface area (Å²) in [5.74, 6) is 0. The fourth-order valence-electron chi connectivity index (χ4n) is 3.25. The molecule has 0 N–H and O–H groups in total. The summed E-state index contributed by atoms with van der Waals surface area (Å²) in [6.45, 7) is 13.5. The van der Waals surface area contributed by atoms with Crippen LogP contribution in [0, 0.1) is 6.08 Å². The number of benzene rings is 3. The molecule has 0 aliphatic carbocycles. The third kappa shape index (κ3) is 5.99. The van der Waals surface area contributed by atoms with Crippen molar-refractivity contribution in [3.63, 3.8) is 0 Å². The Kier molecular flexibility index (Phi) is 7.39. The molecule has 0 heterocycles. The van der Waals surface area contributed by atoms with Crippen LogP contribution in [-0.4, -0.2) is 0 Å². The second-order valence-electron chi connectivity index (χ2n) is 9.52. The van der Waals surface area contributed by atoms with E-state index in [0.717, 1.165) is 11.1 Å². The van der Waals surface area contributed by atoms with Gasteiger partial charge in [0, 0.05) is 0 Å². The quantitative estimate of drug-likeness (QED) is 0.358. The summed E-state index contributed by atoms with van der Waals surface area (Å²) in [5, 5.41) is 0. The van der Waals surface area contributed by atoms with Crippen LogP contribution in [-0.2, 0) is 10.8 Å². The molecule has 144 valence electrons. The van der Waals surface area contributed by atoms with Crippen molar-refractivity contribution >= 4 is 5.57 Å². The summed E-state index contributed by atoms with van der Waals surface area (Å²) in [5.41, 5.74) is 7.61. The normalized spacial score (nSPS) is 11.5. The van der Waals surface area contributed by atoms with Crippen LogP contribution < -0.4 is 18.9 Å². The van der Waals surface area contributed by atoms with Gasteiger partial charge in [-0.3, -0.25) is 0 Å². The number of hydrogen-bond donors (Lipinski definition) is 0. The summed E-state index contributed by atoms with van der Waals surface area (Å²) >= 11 is 0. The predicted molar refractivity (Wildman–Crippen MR) is 122 cm³/mol. The fourth-order valence-corrected chi connectivity index (χ4v) is 3.25. The van der Waals surface area contributed by atoms with E-state index in [1.807, 2.05) is 6.07 Å². The van der Waals surface area contributed by atoms with Crippen molar-refractivity contribution in [1.82, 2.24) is 0 Å². The van der Waals surface area contributed by atoms with E-state index >= 15 is 0 Å². The second kappa shape index (κ2) is 9.21. The Morgan fingerprint density at radius 3 is 1.28 bits per heavy atom. The van der Waals surface area contributed by atoms with E-state index in [9.17, 15) is 0 Å². The molecule has 0 aliphatic heterocycles. The summed E-state index contributed by atoms with van der Waals surface area (Å²) in [6, 6.07) is 28.2. The summed E-state index contributed by atoms with van der Waals surface area (Å²) < 4.78 is 0. The average Bonchev–Trinajstić information content (AvgIpc) is 2.66. The van der Waals surface area contributed by atoms with E-state index in [-0.39, 0.29) is 29.7 Å². The topological polar surface area (TPSA) is 0 Å². The molecule has 0 amide bonds. The first-order valence-corrected chi connectivity index (χ1v) is 10.1. The third-order valence-electron chi connectivity index (χ3n) is 5.12. The third-order valence-corrected chi connectivity index (χ3v) is 5.12. The molecule has 0 radical (unpaired) electrons. The van der Waals surface area contributed by atoms with Crippen LogP contribution in [0.15, 0.2) is 78.9 Å². The van der Waals surface area contributed by atoms with Gasteiger partial charge in [0.15, 0.2) is 0 Å². The fraction of sp³-hybridized carbons (Fsp3) is 0.286. The molecule has 3 aromatic rings. The zero-order valence-corrected chi connectivity index (χ0v) is 19.0. The zero-order chi connectivity index (χ0) is 20.4. The summed E-state index contributed by atoms with van der Waals surface area (Å²) in [7, 11) is 0. The molecule has 0 saturated heterocycles. The zero-order valence-electron chi connectivity index (χ0n) is 19.0. The Hall–Kier alpha value is -2.00. The van der Waals surface area contributed by atoms with Gasteiger partial charge in [-0.2, -0.15) is 0 Å². The van der Waals surface area contributed by atoms with Gasteiger partial charge in [0.05, 0.1) is 0 Å². The van der Waals surface area contributed by atoms with Crippen molar-refractivity contribution in [3.05, 3.63) is 113 Å². The molecule has 3 aromatic carbocycles. The standard InChI is InChI=1S/C28H31.Li/c1-27(2,3)24-16-12-22(13-17-24)26(20-21-10-8-7-9-11-21)23-14-18-25(19-15-23)28(4,5)6;/h7-19H,1-6H3;/q-1;+1. The van der Waals surface area contributed by atoms with E-state index in [1.54, 1.807) is 0 Å². The average molecular weight is 374 g/mol. The van der Waals surface area contributed by atoms with Crippen LogP contribution in [0.5, 0.6) is 0 Å². The van der Waals surface area contributed by atoms with E-state index in [2.05, 4.69) is 120 Å². The molecule has 1 heteroatoms. The van der Waals surface area contributed by atoms with Gasteiger partial charge < -0.3 is 0 Å². The van der Waals surface area contributed by atoms with Gasteiger partial charge in [0.1, 0.15) is 0 Å². The molecule has 0 aliphatic rings. The first-order valence-electron chi connectivity index (χ1n) is 10.1. The van der Waals surface area contributed by atoms with Crippen LogP contribution in [0.4, 0.5) is 0 Å². The van der Waals surface area contributed by atoms with Crippen LogP contribution in [0.1, 0.15) is 69.4 Å². The van der Waals surface area contributed by atoms with Gasteiger partial charge in [-0.25, -0.2) is 0 Å². The van der Waals surface area contributed by atoms with Crippen molar-refractivity contribution < 1.29 is 18.9 Å². The van der Waals surface area contributed by atoms with Crippen LogP contribution in [0.2, 0.25) is 0 Å². The number of hydrogen-bond acceptors (Lipinski definition) is 0. The molecule has 0 nitrogen and oxygen atoms in total. The molecule has 0 saturated carbocycles. The molecule has 0 bridgehead atoms. The summed E-state index contributed by atoms with van der Waals surface area (Å²) in [6.07, 6.45) is 3.64. The minimum Gasteiger partial charge on any atom is -0.123 e. The van der Waals surface area contributed by atoms with Crippen molar-refractivity contribution in [1.29, 1.82) is 0 Å². The van der Waals surface area contributed by atoms with Gasteiger partial charge in [-0.05, 0) is 22.0 Å². The van der Waals surface area contributed by atoms with Crippen LogP contribution in [0.3, 0.4) is 0 Å². The van der Waals surface area contributed by atoms with Crippen molar-refractivity contribution in [2.75, 3.05) is 0 Å². The maximum Gasteiger partial charge on any atom is 1.00 e. The molecule has 0 fully saturated rings. The maximum atomic E-state index is 3.64. The van der Waals surface area contributed by atoms with Crippen molar-refractivity contribution in [2.24, 2.45) is 0 Å². The van der Waals surface area contributed by atoms with Crippen molar-refractivity contribution in [2.45, 2.75) is 52.4 Å². The van der Waals surface area contributed by atoms with Gasteiger partial charge in [-0.1, -0.05) is 119 Å². The van der Waals surface area contributed by atoms with E-state index in [0.29, 0.717) is 0 Å². The van der Waals surface area contributed by atoms with Gasteiger partial charge in [0.25, 0.3) is 0 Å². The maximum absolute atomic E-state index is 3.64. The first-order chi connectivity index (χ1) is 13.1. The smallest absolute Gasteiger partial charge is 0.123 e. The second-order valence-corrected chi connectivity index (χ2v) is 9.52. The monoisotopic (exact) mass is 374 g/mol. The Morgan fingerprint density at radius 2 is 0.931 bits per heavy atom. The Labute approximate surface area is 189 Å². The SMILES string of the molecule is CC(C)(C)c1ccc(C(=[C-]c2ccccc2)c2ccc(C(C)(C)C)cc2)cc1.[Li+]. The minimum absolute atomic E-state index is 0. The Bertz CT molecular complexity index is 873.